The van der Waals surface area contributed by atoms with Crippen LogP contribution in [0.15, 0.2) is 24.3 Å². The van der Waals surface area contributed by atoms with Crippen LogP contribution in [-0.2, 0) is 17.9 Å². The Morgan fingerprint density at radius 1 is 1.33 bits per heavy atom. The van der Waals surface area contributed by atoms with Gasteiger partial charge >= 0.3 is 7.12 Å². The standard InChI is InChI=1S/C15H22BFN6O3.ClH/c17-12-6-2-1-5-11(12)9-19-14(24)10-23-15(20-21-22-23)13(18)7-3-4-8-16(25)26;/h1-2,5-6,13,25-26H,3-4,7-10,18H2,(H,19,24);1H. The topological polar surface area (TPSA) is 139 Å². The lowest BCUT2D eigenvalue weighted by atomic mass is 9.83. The van der Waals surface area contributed by atoms with Crippen molar-refractivity contribution in [1.29, 1.82) is 0 Å². The van der Waals surface area contributed by atoms with E-state index in [0.717, 1.165) is 0 Å². The molecule has 1 heterocycles. The molecule has 27 heavy (non-hydrogen) atoms. The molecule has 0 aliphatic carbocycles. The van der Waals surface area contributed by atoms with E-state index in [0.29, 0.717) is 30.7 Å². The Labute approximate surface area is 162 Å². The van der Waals surface area contributed by atoms with Crippen molar-refractivity contribution < 1.29 is 19.2 Å². The van der Waals surface area contributed by atoms with E-state index in [9.17, 15) is 9.18 Å². The fraction of sp³-hybridized carbons (Fsp3) is 0.467. The lowest BCUT2D eigenvalue weighted by molar-refractivity contribution is -0.122. The number of benzene rings is 1. The van der Waals surface area contributed by atoms with E-state index in [4.69, 9.17) is 15.8 Å². The second-order valence-electron chi connectivity index (χ2n) is 5.93. The number of hydrogen-bond donors (Lipinski definition) is 4. The van der Waals surface area contributed by atoms with Crippen LogP contribution in [0.1, 0.15) is 36.7 Å². The van der Waals surface area contributed by atoms with Crippen LogP contribution in [0.5, 0.6) is 0 Å². The van der Waals surface area contributed by atoms with Gasteiger partial charge in [-0.1, -0.05) is 31.0 Å². The average Bonchev–Trinajstić information content (AvgIpc) is 3.06. The minimum Gasteiger partial charge on any atom is -0.427 e. The summed E-state index contributed by atoms with van der Waals surface area (Å²) in [4.78, 5) is 12.1. The van der Waals surface area contributed by atoms with Gasteiger partial charge in [0.15, 0.2) is 5.82 Å². The van der Waals surface area contributed by atoms with E-state index in [-0.39, 0.29) is 43.5 Å². The summed E-state index contributed by atoms with van der Waals surface area (Å²) in [5, 5.41) is 31.4. The zero-order valence-electron chi connectivity index (χ0n) is 14.7. The highest BCUT2D eigenvalue weighted by atomic mass is 35.5. The van der Waals surface area contributed by atoms with Crippen LogP contribution in [0, 0.1) is 5.82 Å². The highest BCUT2D eigenvalue weighted by Gasteiger charge is 2.17. The molecule has 0 saturated carbocycles. The normalized spacial score (nSPS) is 11.6. The summed E-state index contributed by atoms with van der Waals surface area (Å²) in [5.41, 5.74) is 6.44. The first-order valence-electron chi connectivity index (χ1n) is 8.35. The maximum absolute atomic E-state index is 13.5. The summed E-state index contributed by atoms with van der Waals surface area (Å²) < 4.78 is 14.9. The number of unbranched alkanes of at least 4 members (excludes halogenated alkanes) is 1. The Bertz CT molecular complexity index is 720. The molecule has 0 radical (unpaired) electrons. The van der Waals surface area contributed by atoms with Gasteiger partial charge in [-0.05, 0) is 29.2 Å². The smallest absolute Gasteiger partial charge is 0.427 e. The molecule has 5 N–H and O–H groups in total. The molecular formula is C15H23BClFN6O3. The molecule has 1 aromatic carbocycles. The summed E-state index contributed by atoms with van der Waals surface area (Å²) in [6.45, 7) is -0.0572. The van der Waals surface area contributed by atoms with Gasteiger partial charge in [-0.15, -0.1) is 17.5 Å². The Kier molecular flexibility index (Phi) is 9.87. The number of carbonyl (C=O) groups is 1. The van der Waals surface area contributed by atoms with Crippen molar-refractivity contribution in [1.82, 2.24) is 25.5 Å². The monoisotopic (exact) mass is 400 g/mol. The molecule has 1 amide bonds. The second-order valence-corrected chi connectivity index (χ2v) is 5.93. The first-order chi connectivity index (χ1) is 12.5. The number of nitrogens with two attached hydrogens (primary N) is 1. The molecule has 1 atom stereocenters. The number of hydrogen-bond acceptors (Lipinski definition) is 7. The van der Waals surface area contributed by atoms with Gasteiger partial charge < -0.3 is 21.1 Å². The van der Waals surface area contributed by atoms with Crippen LogP contribution in [0.3, 0.4) is 0 Å². The quantitative estimate of drug-likeness (QED) is 0.330. The van der Waals surface area contributed by atoms with E-state index < -0.39 is 13.2 Å². The number of rotatable bonds is 10. The molecule has 2 aromatic rings. The first kappa shape index (κ1) is 23.0. The van der Waals surface area contributed by atoms with Gasteiger partial charge in [-0.2, -0.15) is 0 Å². The molecule has 0 aliphatic heterocycles. The van der Waals surface area contributed by atoms with Crippen molar-refractivity contribution in [3.05, 3.63) is 41.5 Å². The molecule has 0 saturated heterocycles. The van der Waals surface area contributed by atoms with Crippen LogP contribution in [-0.4, -0.2) is 43.3 Å². The molecule has 0 spiro atoms. The van der Waals surface area contributed by atoms with Crippen LogP contribution >= 0.6 is 12.4 Å². The first-order valence-corrected chi connectivity index (χ1v) is 8.35. The van der Waals surface area contributed by atoms with E-state index in [1.165, 1.54) is 10.7 Å². The highest BCUT2D eigenvalue weighted by Crippen LogP contribution is 2.15. The van der Waals surface area contributed by atoms with Gasteiger partial charge in [-0.25, -0.2) is 9.07 Å². The minimum atomic E-state index is -1.32. The number of halogens is 2. The highest BCUT2D eigenvalue weighted by molar-refractivity contribution is 6.40. The number of nitrogens with one attached hydrogen (secondary N) is 1. The Morgan fingerprint density at radius 2 is 2.07 bits per heavy atom. The van der Waals surface area contributed by atoms with E-state index in [2.05, 4.69) is 20.8 Å². The third-order valence-corrected chi connectivity index (χ3v) is 3.85. The van der Waals surface area contributed by atoms with Gasteiger partial charge in [0.05, 0.1) is 6.04 Å². The minimum absolute atomic E-state index is 0. The fourth-order valence-electron chi connectivity index (χ4n) is 2.44. The Balaban J connectivity index is 0.00000364. The molecule has 0 bridgehead atoms. The fourth-order valence-corrected chi connectivity index (χ4v) is 2.44. The lowest BCUT2D eigenvalue weighted by Crippen LogP contribution is -2.29. The molecule has 2 rings (SSSR count). The zero-order valence-corrected chi connectivity index (χ0v) is 15.5. The molecule has 0 fully saturated rings. The maximum Gasteiger partial charge on any atom is 0.451 e. The zero-order chi connectivity index (χ0) is 18.9. The van der Waals surface area contributed by atoms with Crippen LogP contribution in [0.4, 0.5) is 4.39 Å². The van der Waals surface area contributed by atoms with Gasteiger partial charge in [-0.3, -0.25) is 4.79 Å². The summed E-state index contributed by atoms with van der Waals surface area (Å²) >= 11 is 0. The van der Waals surface area contributed by atoms with E-state index in [1.807, 2.05) is 0 Å². The van der Waals surface area contributed by atoms with Crippen molar-refractivity contribution in [2.45, 2.75) is 44.7 Å². The van der Waals surface area contributed by atoms with Crippen molar-refractivity contribution in [3.8, 4) is 0 Å². The lowest BCUT2D eigenvalue weighted by Gasteiger charge is -2.12. The van der Waals surface area contributed by atoms with Gasteiger partial charge in [0.1, 0.15) is 12.4 Å². The van der Waals surface area contributed by atoms with Crippen LogP contribution in [0.25, 0.3) is 0 Å². The Morgan fingerprint density at radius 3 is 2.78 bits per heavy atom. The van der Waals surface area contributed by atoms with Crippen molar-refractivity contribution in [2.75, 3.05) is 0 Å². The van der Waals surface area contributed by atoms with Crippen molar-refractivity contribution >= 4 is 25.4 Å². The third-order valence-electron chi connectivity index (χ3n) is 3.85. The second kappa shape index (κ2) is 11.6. The molecule has 148 valence electrons. The largest absolute Gasteiger partial charge is 0.451 e. The molecule has 9 nitrogen and oxygen atoms in total. The summed E-state index contributed by atoms with van der Waals surface area (Å²) in [7, 11) is -1.32. The predicted octanol–water partition coefficient (Wildman–Crippen LogP) is 0.193. The van der Waals surface area contributed by atoms with E-state index >= 15 is 0 Å². The number of carbonyl (C=O) groups excluding carboxylic acids is 1. The van der Waals surface area contributed by atoms with E-state index in [1.54, 1.807) is 18.2 Å². The molecule has 12 heteroatoms. The van der Waals surface area contributed by atoms with Crippen LogP contribution < -0.4 is 11.1 Å². The summed E-state index contributed by atoms with van der Waals surface area (Å²) in [6.07, 6.45) is 2.10. The van der Waals surface area contributed by atoms with Crippen LogP contribution in [0.2, 0.25) is 6.32 Å². The van der Waals surface area contributed by atoms with Gasteiger partial charge in [0, 0.05) is 12.1 Å². The number of amides is 1. The number of aromatic nitrogens is 4. The van der Waals surface area contributed by atoms with Crippen molar-refractivity contribution in [3.63, 3.8) is 0 Å². The molecular weight excluding hydrogens is 377 g/mol. The number of nitrogens with zero attached hydrogens (tertiary/aromatic N) is 4. The predicted molar refractivity (Wildman–Crippen MR) is 99.1 cm³/mol. The number of tetrazole rings is 1. The van der Waals surface area contributed by atoms with Gasteiger partial charge in [0.25, 0.3) is 0 Å². The Hall–Kier alpha value is -2.08. The molecule has 1 unspecified atom stereocenters. The SMILES string of the molecule is Cl.NC(CCCCB(O)O)c1nnnn1CC(=O)NCc1ccccc1F. The average molecular weight is 401 g/mol. The maximum atomic E-state index is 13.5. The van der Waals surface area contributed by atoms with Gasteiger partial charge in [0.2, 0.25) is 5.91 Å². The summed E-state index contributed by atoms with van der Waals surface area (Å²) in [6, 6.07) is 5.72. The molecule has 0 aliphatic rings. The molecule has 1 aromatic heterocycles. The summed E-state index contributed by atoms with van der Waals surface area (Å²) in [5.74, 6) is -0.376. The van der Waals surface area contributed by atoms with Crippen molar-refractivity contribution in [2.24, 2.45) is 5.73 Å². The third kappa shape index (κ3) is 7.59.